The molecule has 22 heavy (non-hydrogen) atoms. The molecule has 3 rings (SSSR count). The summed E-state index contributed by atoms with van der Waals surface area (Å²) in [5.41, 5.74) is 2.13. The molecule has 3 nitrogen and oxygen atoms in total. The lowest BCUT2D eigenvalue weighted by Crippen LogP contribution is -2.05. The van der Waals surface area contributed by atoms with Crippen molar-refractivity contribution in [1.29, 1.82) is 0 Å². The number of ketones is 1. The van der Waals surface area contributed by atoms with Crippen molar-refractivity contribution in [2.75, 3.05) is 0 Å². The van der Waals surface area contributed by atoms with Gasteiger partial charge >= 0.3 is 0 Å². The molecule has 0 saturated carbocycles. The van der Waals surface area contributed by atoms with E-state index in [0.717, 1.165) is 10.9 Å². The van der Waals surface area contributed by atoms with Crippen molar-refractivity contribution < 1.29 is 14.3 Å². The van der Waals surface area contributed by atoms with E-state index in [-0.39, 0.29) is 18.0 Å². The maximum absolute atomic E-state index is 12.7. The minimum atomic E-state index is -0.0106. The van der Waals surface area contributed by atoms with Gasteiger partial charge in [0.1, 0.15) is 17.1 Å². The molecule has 0 radical (unpaired) electrons. The maximum Gasteiger partial charge on any atom is 0.171 e. The van der Waals surface area contributed by atoms with Crippen LogP contribution >= 0.6 is 11.6 Å². The lowest BCUT2D eigenvalue weighted by molar-refractivity contribution is 0.0992. The first kappa shape index (κ1) is 14.7. The van der Waals surface area contributed by atoms with Gasteiger partial charge in [-0.3, -0.25) is 4.79 Å². The number of halogens is 1. The third-order valence-corrected chi connectivity index (χ3v) is 3.86. The van der Waals surface area contributed by atoms with E-state index in [1.807, 2.05) is 6.92 Å². The van der Waals surface area contributed by atoms with Crippen LogP contribution in [0.2, 0.25) is 5.02 Å². The molecule has 0 aliphatic rings. The minimum absolute atomic E-state index is 0.0106. The molecule has 1 aromatic heterocycles. The fourth-order valence-corrected chi connectivity index (χ4v) is 2.73. The predicted molar refractivity (Wildman–Crippen MR) is 86.7 cm³/mol. The number of furan rings is 1. The van der Waals surface area contributed by atoms with Crippen LogP contribution in [0, 0.1) is 0 Å². The molecule has 0 fully saturated rings. The Morgan fingerprint density at radius 1 is 1.18 bits per heavy atom. The highest BCUT2D eigenvalue weighted by Gasteiger charge is 2.20. The Bertz CT molecular complexity index is 831. The third-order valence-electron chi connectivity index (χ3n) is 3.62. The first-order valence-corrected chi connectivity index (χ1v) is 7.48. The molecule has 1 N–H and O–H groups in total. The van der Waals surface area contributed by atoms with Crippen LogP contribution in [0.5, 0.6) is 5.75 Å². The Kier molecular flexibility index (Phi) is 3.90. The zero-order valence-corrected chi connectivity index (χ0v) is 12.9. The molecule has 3 aromatic rings. The van der Waals surface area contributed by atoms with Crippen LogP contribution in [0.1, 0.15) is 28.6 Å². The number of fused-ring (bicyclic) bond motifs is 1. The number of carbonyl (C=O) groups excluding carboxylic acids is 1. The molecule has 0 aliphatic heterocycles. The molecular formula is C18H15ClO3. The number of rotatable bonds is 4. The van der Waals surface area contributed by atoms with Gasteiger partial charge < -0.3 is 9.52 Å². The molecule has 0 atom stereocenters. The lowest BCUT2D eigenvalue weighted by Gasteiger charge is -2.03. The minimum Gasteiger partial charge on any atom is -0.508 e. The molecule has 0 bridgehead atoms. The summed E-state index contributed by atoms with van der Waals surface area (Å²) in [4.78, 5) is 12.7. The van der Waals surface area contributed by atoms with E-state index in [1.165, 1.54) is 0 Å². The number of aryl methyl sites for hydroxylation is 1. The van der Waals surface area contributed by atoms with E-state index in [2.05, 4.69) is 0 Å². The van der Waals surface area contributed by atoms with Gasteiger partial charge in [-0.2, -0.15) is 0 Å². The van der Waals surface area contributed by atoms with Crippen LogP contribution in [-0.4, -0.2) is 10.9 Å². The number of aromatic hydroxyl groups is 1. The Balaban J connectivity index is 2.02. The number of phenolic OH excluding ortho intramolecular Hbond substituents is 1. The molecule has 0 amide bonds. The van der Waals surface area contributed by atoms with Crippen molar-refractivity contribution in [3.05, 3.63) is 64.4 Å². The maximum atomic E-state index is 12.7. The third kappa shape index (κ3) is 2.72. The van der Waals surface area contributed by atoms with Gasteiger partial charge in [0.25, 0.3) is 0 Å². The molecule has 112 valence electrons. The molecule has 0 unspecified atom stereocenters. The van der Waals surface area contributed by atoms with Gasteiger partial charge in [0.2, 0.25) is 0 Å². The first-order chi connectivity index (χ1) is 10.6. The SMILES string of the molecule is CCc1oc2ccc(Cl)cc2c1C(=O)Cc1ccc(O)cc1. The number of Topliss-reactive ketones (excluding diaryl/α,β-unsaturated/α-hetero) is 1. The lowest BCUT2D eigenvalue weighted by atomic mass is 9.99. The molecule has 4 heteroatoms. The van der Waals surface area contributed by atoms with Gasteiger partial charge in [0, 0.05) is 23.3 Å². The monoisotopic (exact) mass is 314 g/mol. The number of hydrogen-bond acceptors (Lipinski definition) is 3. The standard InChI is InChI=1S/C18H15ClO3/c1-2-16-18(14-10-12(19)5-8-17(14)22-16)15(21)9-11-3-6-13(20)7-4-11/h3-8,10,20H,2,9H2,1H3. The Morgan fingerprint density at radius 2 is 1.91 bits per heavy atom. The molecule has 0 aliphatic carbocycles. The van der Waals surface area contributed by atoms with Crippen LogP contribution < -0.4 is 0 Å². The van der Waals surface area contributed by atoms with Gasteiger partial charge in [-0.1, -0.05) is 30.7 Å². The zero-order chi connectivity index (χ0) is 15.7. The summed E-state index contributed by atoms with van der Waals surface area (Å²) in [6.45, 7) is 1.96. The number of carbonyl (C=O) groups is 1. The van der Waals surface area contributed by atoms with E-state index in [4.69, 9.17) is 16.0 Å². The molecule has 2 aromatic carbocycles. The predicted octanol–water partition coefficient (Wildman–Crippen LogP) is 4.78. The Hall–Kier alpha value is -2.26. The smallest absolute Gasteiger partial charge is 0.171 e. The largest absolute Gasteiger partial charge is 0.508 e. The normalized spacial score (nSPS) is 11.0. The molecular weight excluding hydrogens is 300 g/mol. The Labute approximate surface area is 133 Å². The second-order valence-electron chi connectivity index (χ2n) is 5.16. The van der Waals surface area contributed by atoms with Gasteiger partial charge in [-0.15, -0.1) is 0 Å². The average Bonchev–Trinajstić information content (AvgIpc) is 2.87. The van der Waals surface area contributed by atoms with Crippen LogP contribution in [0.15, 0.2) is 46.9 Å². The second-order valence-corrected chi connectivity index (χ2v) is 5.60. The van der Waals surface area contributed by atoms with E-state index in [9.17, 15) is 9.90 Å². The molecule has 0 spiro atoms. The summed E-state index contributed by atoms with van der Waals surface area (Å²) < 4.78 is 5.76. The topological polar surface area (TPSA) is 50.4 Å². The van der Waals surface area contributed by atoms with Gasteiger partial charge in [0.05, 0.1) is 5.56 Å². The summed E-state index contributed by atoms with van der Waals surface area (Å²) in [6, 6.07) is 11.9. The summed E-state index contributed by atoms with van der Waals surface area (Å²) in [7, 11) is 0. The van der Waals surface area contributed by atoms with Gasteiger partial charge in [-0.05, 0) is 35.9 Å². The van der Waals surface area contributed by atoms with Crippen LogP contribution in [0.4, 0.5) is 0 Å². The van der Waals surface area contributed by atoms with E-state index in [1.54, 1.807) is 42.5 Å². The highest BCUT2D eigenvalue weighted by Crippen LogP contribution is 2.30. The van der Waals surface area contributed by atoms with E-state index >= 15 is 0 Å². The first-order valence-electron chi connectivity index (χ1n) is 7.10. The summed E-state index contributed by atoms with van der Waals surface area (Å²) in [5, 5.41) is 10.7. The van der Waals surface area contributed by atoms with E-state index < -0.39 is 0 Å². The average molecular weight is 315 g/mol. The quantitative estimate of drug-likeness (QED) is 0.705. The van der Waals surface area contributed by atoms with Crippen LogP contribution in [0.3, 0.4) is 0 Å². The van der Waals surface area contributed by atoms with Gasteiger partial charge in [0.15, 0.2) is 5.78 Å². The van der Waals surface area contributed by atoms with Crippen molar-refractivity contribution in [1.82, 2.24) is 0 Å². The van der Waals surface area contributed by atoms with Crippen LogP contribution in [-0.2, 0) is 12.8 Å². The number of hydrogen-bond donors (Lipinski definition) is 1. The second kappa shape index (κ2) is 5.85. The van der Waals surface area contributed by atoms with Crippen molar-refractivity contribution >= 4 is 28.4 Å². The summed E-state index contributed by atoms with van der Waals surface area (Å²) in [6.07, 6.45) is 0.900. The highest BCUT2D eigenvalue weighted by molar-refractivity contribution is 6.31. The number of benzene rings is 2. The summed E-state index contributed by atoms with van der Waals surface area (Å²) >= 11 is 6.04. The molecule has 1 heterocycles. The fourth-order valence-electron chi connectivity index (χ4n) is 2.56. The Morgan fingerprint density at radius 3 is 2.59 bits per heavy atom. The zero-order valence-electron chi connectivity index (χ0n) is 12.1. The van der Waals surface area contributed by atoms with E-state index in [0.29, 0.717) is 28.4 Å². The van der Waals surface area contributed by atoms with Gasteiger partial charge in [-0.25, -0.2) is 0 Å². The number of phenols is 1. The van der Waals surface area contributed by atoms with Crippen molar-refractivity contribution in [3.63, 3.8) is 0 Å². The molecule has 0 saturated heterocycles. The van der Waals surface area contributed by atoms with Crippen molar-refractivity contribution in [3.8, 4) is 5.75 Å². The van der Waals surface area contributed by atoms with Crippen molar-refractivity contribution in [2.24, 2.45) is 0 Å². The van der Waals surface area contributed by atoms with Crippen LogP contribution in [0.25, 0.3) is 11.0 Å². The summed E-state index contributed by atoms with van der Waals surface area (Å²) in [5.74, 6) is 0.857. The fraction of sp³-hybridized carbons (Fsp3) is 0.167. The van der Waals surface area contributed by atoms with Crippen molar-refractivity contribution in [2.45, 2.75) is 19.8 Å². The highest BCUT2D eigenvalue weighted by atomic mass is 35.5.